The summed E-state index contributed by atoms with van der Waals surface area (Å²) in [5.74, 6) is -0.0585. The van der Waals surface area contributed by atoms with E-state index in [0.29, 0.717) is 35.5 Å². The van der Waals surface area contributed by atoms with Crippen LogP contribution >= 0.6 is 0 Å². The molecule has 0 fully saturated rings. The number of carbonyl (C=O) groups is 1. The Kier molecular flexibility index (Phi) is 3.47. The average Bonchev–Trinajstić information content (AvgIpc) is 2.89. The van der Waals surface area contributed by atoms with E-state index in [1.807, 2.05) is 0 Å². The lowest BCUT2D eigenvalue weighted by Crippen LogP contribution is -2.40. The molecule has 110 valence electrons. The van der Waals surface area contributed by atoms with Crippen LogP contribution in [0.25, 0.3) is 11.3 Å². The van der Waals surface area contributed by atoms with Crippen molar-refractivity contribution < 1.29 is 18.8 Å². The lowest BCUT2D eigenvalue weighted by atomic mass is 10.0. The summed E-state index contributed by atoms with van der Waals surface area (Å²) in [6.45, 7) is 2.16. The first kappa shape index (κ1) is 13.8. The fourth-order valence-corrected chi connectivity index (χ4v) is 2.53. The van der Waals surface area contributed by atoms with Crippen molar-refractivity contribution in [3.05, 3.63) is 41.4 Å². The van der Waals surface area contributed by atoms with E-state index in [-0.39, 0.29) is 18.3 Å². The smallest absolute Gasteiger partial charge is 0.251 e. The first-order chi connectivity index (χ1) is 10.1. The predicted octanol–water partition coefficient (Wildman–Crippen LogP) is 1.75. The van der Waals surface area contributed by atoms with Crippen LogP contribution in [-0.2, 0) is 17.8 Å². The molecule has 1 N–H and O–H groups in total. The molecule has 21 heavy (non-hydrogen) atoms. The van der Waals surface area contributed by atoms with Crippen LogP contribution in [0.15, 0.2) is 28.8 Å². The van der Waals surface area contributed by atoms with Crippen molar-refractivity contribution in [3.8, 4) is 11.3 Å². The van der Waals surface area contributed by atoms with Gasteiger partial charge in [0.05, 0.1) is 6.54 Å². The number of aliphatic hydroxyl groups excluding tert-OH is 1. The molecule has 1 aromatic heterocycles. The van der Waals surface area contributed by atoms with Gasteiger partial charge >= 0.3 is 0 Å². The summed E-state index contributed by atoms with van der Waals surface area (Å²) in [5.41, 5.74) is 1.49. The van der Waals surface area contributed by atoms with E-state index in [1.165, 1.54) is 17.9 Å². The zero-order valence-corrected chi connectivity index (χ0v) is 11.5. The van der Waals surface area contributed by atoms with Crippen molar-refractivity contribution in [1.82, 2.24) is 10.1 Å². The van der Waals surface area contributed by atoms with Gasteiger partial charge in [-0.1, -0.05) is 17.3 Å². The van der Waals surface area contributed by atoms with Crippen molar-refractivity contribution in [2.45, 2.75) is 26.0 Å². The molecule has 1 aliphatic rings. The summed E-state index contributed by atoms with van der Waals surface area (Å²) in [4.78, 5) is 13.4. The van der Waals surface area contributed by atoms with Crippen LogP contribution in [0.2, 0.25) is 0 Å². The summed E-state index contributed by atoms with van der Waals surface area (Å²) >= 11 is 0. The van der Waals surface area contributed by atoms with Gasteiger partial charge in [-0.25, -0.2) is 4.39 Å². The maximum absolute atomic E-state index is 13.9. The number of carbonyl (C=O) groups excluding carboxylic acids is 1. The molecule has 3 rings (SSSR count). The standard InChI is InChI=1S/C15H15FN2O3/c1-9(19)15(20)18-7-6-13-11(8-18)14(17-21-13)10-4-2-3-5-12(10)16/h2-5,9,19H,6-8H2,1H3/t9-/m0/s1. The van der Waals surface area contributed by atoms with E-state index in [2.05, 4.69) is 5.16 Å². The van der Waals surface area contributed by atoms with Crippen LogP contribution in [0.3, 0.4) is 0 Å². The first-order valence-electron chi connectivity index (χ1n) is 6.77. The van der Waals surface area contributed by atoms with Crippen molar-refractivity contribution in [2.24, 2.45) is 0 Å². The van der Waals surface area contributed by atoms with Crippen LogP contribution in [0.1, 0.15) is 18.2 Å². The summed E-state index contributed by atoms with van der Waals surface area (Å²) in [7, 11) is 0. The largest absolute Gasteiger partial charge is 0.384 e. The molecule has 0 saturated carbocycles. The third-order valence-corrected chi connectivity index (χ3v) is 3.63. The quantitative estimate of drug-likeness (QED) is 0.915. The molecule has 0 spiro atoms. The minimum absolute atomic E-state index is 0.270. The molecule has 0 bridgehead atoms. The maximum Gasteiger partial charge on any atom is 0.251 e. The highest BCUT2D eigenvalue weighted by atomic mass is 19.1. The maximum atomic E-state index is 13.9. The molecule has 0 saturated heterocycles. The van der Waals surface area contributed by atoms with Crippen LogP contribution < -0.4 is 0 Å². The number of aromatic nitrogens is 1. The summed E-state index contributed by atoms with van der Waals surface area (Å²) < 4.78 is 19.2. The van der Waals surface area contributed by atoms with Gasteiger partial charge in [0, 0.05) is 24.1 Å². The summed E-state index contributed by atoms with van der Waals surface area (Å²) in [5, 5.41) is 13.4. The van der Waals surface area contributed by atoms with Crippen molar-refractivity contribution in [1.29, 1.82) is 0 Å². The molecule has 1 atom stereocenters. The number of amides is 1. The molecule has 1 aromatic carbocycles. The molecular formula is C15H15FN2O3. The van der Waals surface area contributed by atoms with E-state index < -0.39 is 6.10 Å². The Labute approximate surface area is 121 Å². The van der Waals surface area contributed by atoms with Crippen LogP contribution in [0, 0.1) is 5.82 Å². The van der Waals surface area contributed by atoms with Gasteiger partial charge in [-0.15, -0.1) is 0 Å². The second kappa shape index (κ2) is 5.29. The number of rotatable bonds is 2. The van der Waals surface area contributed by atoms with E-state index >= 15 is 0 Å². The Morgan fingerprint density at radius 1 is 1.48 bits per heavy atom. The van der Waals surface area contributed by atoms with E-state index in [9.17, 15) is 14.3 Å². The predicted molar refractivity (Wildman–Crippen MR) is 72.7 cm³/mol. The van der Waals surface area contributed by atoms with Crippen molar-refractivity contribution >= 4 is 5.91 Å². The third-order valence-electron chi connectivity index (χ3n) is 3.63. The Morgan fingerprint density at radius 2 is 2.24 bits per heavy atom. The van der Waals surface area contributed by atoms with Crippen molar-refractivity contribution in [2.75, 3.05) is 6.54 Å². The second-order valence-corrected chi connectivity index (χ2v) is 5.10. The van der Waals surface area contributed by atoms with Gasteiger partial charge in [0.2, 0.25) is 0 Å². The van der Waals surface area contributed by atoms with Gasteiger partial charge in [-0.2, -0.15) is 0 Å². The number of benzene rings is 1. The van der Waals surface area contributed by atoms with Gasteiger partial charge in [-0.3, -0.25) is 4.79 Å². The lowest BCUT2D eigenvalue weighted by Gasteiger charge is -2.27. The van der Waals surface area contributed by atoms with Crippen LogP contribution in [0.5, 0.6) is 0 Å². The Hall–Kier alpha value is -2.21. The average molecular weight is 290 g/mol. The second-order valence-electron chi connectivity index (χ2n) is 5.10. The number of fused-ring (bicyclic) bond motifs is 1. The van der Waals surface area contributed by atoms with Gasteiger partial charge in [0.15, 0.2) is 0 Å². The van der Waals surface area contributed by atoms with Gasteiger partial charge in [-0.05, 0) is 19.1 Å². The van der Waals surface area contributed by atoms with E-state index in [0.717, 1.165) is 0 Å². The summed E-state index contributed by atoms with van der Waals surface area (Å²) in [6, 6.07) is 6.32. The van der Waals surface area contributed by atoms with Crippen LogP contribution in [-0.4, -0.2) is 33.7 Å². The molecule has 2 heterocycles. The normalized spacial score (nSPS) is 15.7. The number of nitrogens with zero attached hydrogens (tertiary/aromatic N) is 2. The van der Waals surface area contributed by atoms with E-state index in [4.69, 9.17) is 4.52 Å². The fraction of sp³-hybridized carbons (Fsp3) is 0.333. The molecule has 2 aromatic rings. The number of halogens is 1. The SMILES string of the molecule is C[C@H](O)C(=O)N1CCc2onc(-c3ccccc3F)c2C1. The number of aliphatic hydroxyl groups is 1. The molecule has 1 aliphatic heterocycles. The summed E-state index contributed by atoms with van der Waals surface area (Å²) in [6.07, 6.45) is -0.543. The highest BCUT2D eigenvalue weighted by Gasteiger charge is 2.29. The fourth-order valence-electron chi connectivity index (χ4n) is 2.53. The lowest BCUT2D eigenvalue weighted by molar-refractivity contribution is -0.140. The topological polar surface area (TPSA) is 66.6 Å². The van der Waals surface area contributed by atoms with Gasteiger partial charge < -0.3 is 14.5 Å². The highest BCUT2D eigenvalue weighted by Crippen LogP contribution is 2.31. The third kappa shape index (κ3) is 2.42. The Balaban J connectivity index is 1.97. The molecule has 0 aliphatic carbocycles. The molecule has 1 amide bonds. The van der Waals surface area contributed by atoms with Gasteiger partial charge in [0.1, 0.15) is 23.4 Å². The van der Waals surface area contributed by atoms with Crippen molar-refractivity contribution in [3.63, 3.8) is 0 Å². The number of hydrogen-bond donors (Lipinski definition) is 1. The molecule has 6 heteroatoms. The molecular weight excluding hydrogens is 275 g/mol. The Bertz CT molecular complexity index is 681. The monoisotopic (exact) mass is 290 g/mol. The molecule has 5 nitrogen and oxygen atoms in total. The first-order valence-corrected chi connectivity index (χ1v) is 6.77. The van der Waals surface area contributed by atoms with Crippen LogP contribution in [0.4, 0.5) is 4.39 Å². The molecule has 0 radical (unpaired) electrons. The number of hydrogen-bond acceptors (Lipinski definition) is 4. The van der Waals surface area contributed by atoms with Gasteiger partial charge in [0.25, 0.3) is 5.91 Å². The highest BCUT2D eigenvalue weighted by molar-refractivity contribution is 5.81. The molecule has 0 unspecified atom stereocenters. The zero-order valence-electron chi connectivity index (χ0n) is 11.5. The Morgan fingerprint density at radius 3 is 2.95 bits per heavy atom. The van der Waals surface area contributed by atoms with E-state index in [1.54, 1.807) is 18.2 Å². The minimum Gasteiger partial charge on any atom is -0.384 e. The minimum atomic E-state index is -1.05. The zero-order chi connectivity index (χ0) is 15.0.